The Morgan fingerprint density at radius 2 is 2.33 bits per heavy atom. The van der Waals surface area contributed by atoms with Crippen molar-refractivity contribution in [2.75, 3.05) is 0 Å². The molecule has 0 aromatic rings. The highest BCUT2D eigenvalue weighted by Gasteiger charge is 2.55. The first-order valence-corrected chi connectivity index (χ1v) is 3.55. The highest BCUT2D eigenvalue weighted by atomic mass is 16.6. The molecule has 1 heterocycles. The average molecular weight is 171 g/mol. The number of nitro groups is 1. The van der Waals surface area contributed by atoms with E-state index in [1.165, 1.54) is 6.92 Å². The Balaban J connectivity index is 3.15. The molecule has 0 spiro atoms. The molecule has 1 unspecified atom stereocenters. The molecule has 0 bridgehead atoms. The van der Waals surface area contributed by atoms with Gasteiger partial charge in [-0.05, 0) is 6.92 Å². The van der Waals surface area contributed by atoms with Crippen molar-refractivity contribution in [2.45, 2.75) is 25.8 Å². The van der Waals surface area contributed by atoms with Crippen molar-refractivity contribution in [1.82, 2.24) is 5.43 Å². The van der Waals surface area contributed by atoms with Crippen LogP contribution >= 0.6 is 0 Å². The molecule has 0 aromatic carbocycles. The van der Waals surface area contributed by atoms with Crippen LogP contribution in [0.5, 0.6) is 0 Å². The maximum absolute atomic E-state index is 11.1. The van der Waals surface area contributed by atoms with Crippen LogP contribution in [0, 0.1) is 10.1 Å². The molecule has 1 N–H and O–H groups in total. The Bertz CT molecular complexity index is 273. The lowest BCUT2D eigenvalue weighted by Crippen LogP contribution is -2.50. The van der Waals surface area contributed by atoms with Gasteiger partial charge in [-0.2, -0.15) is 5.10 Å². The molecule has 0 saturated heterocycles. The van der Waals surface area contributed by atoms with E-state index in [-0.39, 0.29) is 12.1 Å². The minimum atomic E-state index is -1.62. The highest BCUT2D eigenvalue weighted by Crippen LogP contribution is 2.21. The summed E-state index contributed by atoms with van der Waals surface area (Å²) in [6, 6.07) is 0. The molecule has 1 aliphatic rings. The number of hydrogen-bond donors (Lipinski definition) is 1. The van der Waals surface area contributed by atoms with Crippen molar-refractivity contribution in [3.05, 3.63) is 10.1 Å². The first kappa shape index (κ1) is 8.63. The zero-order valence-electron chi connectivity index (χ0n) is 6.83. The van der Waals surface area contributed by atoms with Crippen molar-refractivity contribution in [1.29, 1.82) is 0 Å². The summed E-state index contributed by atoms with van der Waals surface area (Å²) in [6.45, 7) is 3.07. The predicted octanol–water partition coefficient (Wildman–Crippen LogP) is -0.0824. The topological polar surface area (TPSA) is 84.6 Å². The first-order valence-electron chi connectivity index (χ1n) is 3.55. The Morgan fingerprint density at radius 3 is 2.50 bits per heavy atom. The summed E-state index contributed by atoms with van der Waals surface area (Å²) in [5.41, 5.74) is 0.697. The Labute approximate surface area is 68.8 Å². The van der Waals surface area contributed by atoms with Gasteiger partial charge in [0.2, 0.25) is 0 Å². The fourth-order valence-electron chi connectivity index (χ4n) is 1.24. The zero-order valence-corrected chi connectivity index (χ0v) is 6.83. The molecule has 1 atom stereocenters. The van der Waals surface area contributed by atoms with Crippen molar-refractivity contribution in [3.63, 3.8) is 0 Å². The van der Waals surface area contributed by atoms with Gasteiger partial charge < -0.3 is 0 Å². The van der Waals surface area contributed by atoms with Gasteiger partial charge in [-0.25, -0.2) is 5.43 Å². The first-order chi connectivity index (χ1) is 5.55. The van der Waals surface area contributed by atoms with Gasteiger partial charge >= 0.3 is 11.4 Å². The molecule has 12 heavy (non-hydrogen) atoms. The van der Waals surface area contributed by atoms with E-state index in [0.717, 1.165) is 0 Å². The fourth-order valence-corrected chi connectivity index (χ4v) is 1.24. The average Bonchev–Trinajstić information content (AvgIpc) is 2.29. The third kappa shape index (κ3) is 0.806. The second kappa shape index (κ2) is 2.54. The van der Waals surface area contributed by atoms with Crippen LogP contribution in [0.15, 0.2) is 5.10 Å². The van der Waals surface area contributed by atoms with Gasteiger partial charge in [0.1, 0.15) is 5.71 Å². The number of hydrogen-bond acceptors (Lipinski definition) is 4. The highest BCUT2D eigenvalue weighted by molar-refractivity contribution is 6.14. The molecule has 6 heteroatoms. The summed E-state index contributed by atoms with van der Waals surface area (Å²) in [5, 5.41) is 14.2. The van der Waals surface area contributed by atoms with Crippen LogP contribution in [0.2, 0.25) is 0 Å². The van der Waals surface area contributed by atoms with Gasteiger partial charge in [0, 0.05) is 11.3 Å². The van der Waals surface area contributed by atoms with Gasteiger partial charge in [-0.15, -0.1) is 0 Å². The van der Waals surface area contributed by atoms with Crippen molar-refractivity contribution in [3.8, 4) is 0 Å². The third-order valence-electron chi connectivity index (χ3n) is 2.12. The van der Waals surface area contributed by atoms with E-state index in [2.05, 4.69) is 10.5 Å². The van der Waals surface area contributed by atoms with E-state index >= 15 is 0 Å². The van der Waals surface area contributed by atoms with E-state index in [0.29, 0.717) is 0 Å². The van der Waals surface area contributed by atoms with E-state index in [4.69, 9.17) is 0 Å². The van der Waals surface area contributed by atoms with Crippen LogP contribution < -0.4 is 5.43 Å². The predicted molar refractivity (Wildman–Crippen MR) is 41.3 cm³/mol. The van der Waals surface area contributed by atoms with Crippen LogP contribution in [0.3, 0.4) is 0 Å². The lowest BCUT2D eigenvalue weighted by molar-refractivity contribution is -0.530. The molecule has 1 amide bonds. The summed E-state index contributed by atoms with van der Waals surface area (Å²) in [5.74, 6) is -0.646. The summed E-state index contributed by atoms with van der Waals surface area (Å²) >= 11 is 0. The van der Waals surface area contributed by atoms with Crippen LogP contribution in [-0.4, -0.2) is 22.1 Å². The minimum absolute atomic E-state index is 0.126. The van der Waals surface area contributed by atoms with Crippen LogP contribution in [-0.2, 0) is 4.79 Å². The Morgan fingerprint density at radius 1 is 1.75 bits per heavy atom. The van der Waals surface area contributed by atoms with Crippen LogP contribution in [0.4, 0.5) is 0 Å². The summed E-state index contributed by atoms with van der Waals surface area (Å²) < 4.78 is 0. The number of amides is 1. The van der Waals surface area contributed by atoms with Gasteiger partial charge in [0.25, 0.3) is 0 Å². The molecule has 0 radical (unpaired) electrons. The lowest BCUT2D eigenvalue weighted by atomic mass is 9.92. The van der Waals surface area contributed by atoms with Crippen LogP contribution in [0.1, 0.15) is 20.3 Å². The fraction of sp³-hybridized carbons (Fsp3) is 0.667. The van der Waals surface area contributed by atoms with Crippen molar-refractivity contribution >= 4 is 11.6 Å². The lowest BCUT2D eigenvalue weighted by Gasteiger charge is -2.14. The number of nitrogens with one attached hydrogen (secondary N) is 1. The Kier molecular flexibility index (Phi) is 1.83. The maximum atomic E-state index is 11.1. The van der Waals surface area contributed by atoms with Crippen molar-refractivity contribution in [2.24, 2.45) is 5.10 Å². The monoisotopic (exact) mass is 171 g/mol. The summed E-state index contributed by atoms with van der Waals surface area (Å²) in [4.78, 5) is 21.2. The second-order valence-electron chi connectivity index (χ2n) is 2.61. The number of hydrazone groups is 1. The molecule has 1 aliphatic heterocycles. The summed E-state index contributed by atoms with van der Waals surface area (Å²) in [6.07, 6.45) is 0.126. The molecule has 1 rings (SSSR count). The number of carbonyl (C=O) groups excluding carboxylic acids is 1. The molecule has 0 aliphatic carbocycles. The molecular weight excluding hydrogens is 162 g/mol. The van der Waals surface area contributed by atoms with Gasteiger partial charge in [-0.3, -0.25) is 14.9 Å². The molecular formula is C6H9N3O3. The maximum Gasteiger partial charge on any atom is 0.339 e. The normalized spacial score (nSPS) is 28.2. The van der Waals surface area contributed by atoms with E-state index < -0.39 is 16.4 Å². The number of carbonyl (C=O) groups is 1. The molecule has 66 valence electrons. The second-order valence-corrected chi connectivity index (χ2v) is 2.61. The van der Waals surface area contributed by atoms with E-state index in [1.807, 2.05) is 0 Å². The van der Waals surface area contributed by atoms with E-state index in [9.17, 15) is 14.9 Å². The zero-order chi connectivity index (χ0) is 9.35. The number of rotatable bonds is 2. The minimum Gasteiger partial charge on any atom is -0.264 e. The molecule has 0 fully saturated rings. The molecule has 6 nitrogen and oxygen atoms in total. The van der Waals surface area contributed by atoms with Gasteiger partial charge in [-0.1, -0.05) is 6.92 Å². The van der Waals surface area contributed by atoms with Gasteiger partial charge in [0.15, 0.2) is 0 Å². The largest absolute Gasteiger partial charge is 0.339 e. The SMILES string of the molecule is CCC1([N+](=O)[O-])C(=O)NN=C1C. The van der Waals surface area contributed by atoms with Crippen molar-refractivity contribution < 1.29 is 9.72 Å². The van der Waals surface area contributed by atoms with E-state index in [1.54, 1.807) is 6.92 Å². The van der Waals surface area contributed by atoms with Crippen LogP contribution in [0.25, 0.3) is 0 Å². The quantitative estimate of drug-likeness (QED) is 0.465. The molecule has 0 aromatic heterocycles. The summed E-state index contributed by atoms with van der Waals surface area (Å²) in [7, 11) is 0. The smallest absolute Gasteiger partial charge is 0.264 e. The number of nitrogens with zero attached hydrogens (tertiary/aromatic N) is 2. The Hall–Kier alpha value is -1.46. The van der Waals surface area contributed by atoms with Gasteiger partial charge in [0.05, 0.1) is 0 Å². The standard InChI is InChI=1S/C6H9N3O3/c1-3-6(9(11)12)4(2)7-8-5(6)10/h3H2,1-2H3,(H,8,10). The molecule has 0 saturated carbocycles. The third-order valence-corrected chi connectivity index (χ3v) is 2.12.